The van der Waals surface area contributed by atoms with Crippen LogP contribution in [0, 0.1) is 11.8 Å². The summed E-state index contributed by atoms with van der Waals surface area (Å²) in [6, 6.07) is 0. The number of esters is 1. The fourth-order valence-electron chi connectivity index (χ4n) is 2.72. The van der Waals surface area contributed by atoms with Crippen LogP contribution in [-0.2, 0) is 14.3 Å². The van der Waals surface area contributed by atoms with Gasteiger partial charge in [0, 0.05) is 12.8 Å². The van der Waals surface area contributed by atoms with Crippen molar-refractivity contribution in [2.24, 2.45) is 11.8 Å². The molecular weight excluding hydrogens is 196 g/mol. The number of hydrogen-bond acceptors (Lipinski definition) is 4. The normalized spacial score (nSPS) is 44.9. The minimum Gasteiger partial charge on any atom is -0.460 e. The van der Waals surface area contributed by atoms with Gasteiger partial charge >= 0.3 is 5.97 Å². The number of ether oxygens (including phenoxy) is 2. The van der Waals surface area contributed by atoms with Crippen molar-refractivity contribution in [1.29, 1.82) is 0 Å². The first-order valence-electron chi connectivity index (χ1n) is 5.55. The molecule has 86 valence electrons. The zero-order valence-corrected chi connectivity index (χ0v) is 9.18. The van der Waals surface area contributed by atoms with E-state index in [2.05, 4.69) is 0 Å². The van der Waals surface area contributed by atoms with Crippen LogP contribution in [0.2, 0.25) is 0 Å². The summed E-state index contributed by atoms with van der Waals surface area (Å²) in [6.07, 6.45) is 1.31. The molecule has 0 aromatic heterocycles. The van der Waals surface area contributed by atoms with Gasteiger partial charge in [-0.15, -0.1) is 0 Å². The fraction of sp³-hybridized carbons (Fsp3) is 0.909. The molecule has 1 N–H and O–H groups in total. The molecule has 4 nitrogen and oxygen atoms in total. The van der Waals surface area contributed by atoms with Crippen LogP contribution in [0.25, 0.3) is 0 Å². The molecule has 15 heavy (non-hydrogen) atoms. The summed E-state index contributed by atoms with van der Waals surface area (Å²) >= 11 is 0. The molecule has 2 fully saturated rings. The Morgan fingerprint density at radius 2 is 2.20 bits per heavy atom. The predicted molar refractivity (Wildman–Crippen MR) is 53.2 cm³/mol. The van der Waals surface area contributed by atoms with Gasteiger partial charge in [0.15, 0.2) is 0 Å². The van der Waals surface area contributed by atoms with Gasteiger partial charge in [-0.3, -0.25) is 4.79 Å². The highest BCUT2D eigenvalue weighted by molar-refractivity contribution is 5.66. The van der Waals surface area contributed by atoms with Crippen LogP contribution in [0.15, 0.2) is 0 Å². The number of aliphatic hydroxyl groups excluding tert-OH is 1. The average Bonchev–Trinajstić information content (AvgIpc) is 2.43. The summed E-state index contributed by atoms with van der Waals surface area (Å²) in [5, 5.41) is 9.92. The second-order valence-electron chi connectivity index (χ2n) is 4.71. The van der Waals surface area contributed by atoms with Gasteiger partial charge in [0.25, 0.3) is 0 Å². The van der Waals surface area contributed by atoms with E-state index in [1.165, 1.54) is 6.92 Å². The fourth-order valence-corrected chi connectivity index (χ4v) is 2.72. The summed E-state index contributed by atoms with van der Waals surface area (Å²) in [5.41, 5.74) is 0. The second kappa shape index (κ2) is 4.10. The van der Waals surface area contributed by atoms with E-state index in [1.54, 1.807) is 0 Å². The first-order chi connectivity index (χ1) is 7.08. The molecule has 0 aromatic carbocycles. The third-order valence-corrected chi connectivity index (χ3v) is 3.47. The molecule has 4 heteroatoms. The van der Waals surface area contributed by atoms with Crippen LogP contribution < -0.4 is 0 Å². The van der Waals surface area contributed by atoms with Gasteiger partial charge < -0.3 is 14.6 Å². The maximum atomic E-state index is 10.8. The highest BCUT2D eigenvalue weighted by Crippen LogP contribution is 2.39. The molecule has 1 aliphatic heterocycles. The van der Waals surface area contributed by atoms with Gasteiger partial charge in [0.05, 0.1) is 18.8 Å². The van der Waals surface area contributed by atoms with Crippen molar-refractivity contribution in [2.75, 3.05) is 6.61 Å². The summed E-state index contributed by atoms with van der Waals surface area (Å²) in [4.78, 5) is 10.8. The van der Waals surface area contributed by atoms with Crippen LogP contribution in [0.1, 0.15) is 26.7 Å². The van der Waals surface area contributed by atoms with Crippen LogP contribution in [0.4, 0.5) is 0 Å². The first kappa shape index (κ1) is 10.9. The lowest BCUT2D eigenvalue weighted by Crippen LogP contribution is -2.40. The number of carbonyl (C=O) groups is 1. The van der Waals surface area contributed by atoms with Crippen molar-refractivity contribution in [3.8, 4) is 0 Å². The van der Waals surface area contributed by atoms with E-state index in [4.69, 9.17) is 9.47 Å². The lowest BCUT2D eigenvalue weighted by atomic mass is 9.93. The Labute approximate surface area is 89.6 Å². The predicted octanol–water partition coefficient (Wildman–Crippen LogP) is 0.724. The smallest absolute Gasteiger partial charge is 0.302 e. The Kier molecular flexibility index (Phi) is 2.98. The van der Waals surface area contributed by atoms with Crippen LogP contribution in [-0.4, -0.2) is 36.0 Å². The molecule has 0 amide bonds. The standard InChI is InChI=1S/C11H18O4/c1-6-3-10-9(11(6)13)4-8(5-14-10)15-7(2)12/h6,8-11,13H,3-5H2,1-2H3/t6-,8-,9-,10-,11-/m1/s1. The van der Waals surface area contributed by atoms with E-state index in [9.17, 15) is 9.90 Å². The van der Waals surface area contributed by atoms with Crippen molar-refractivity contribution in [2.45, 2.75) is 45.0 Å². The minimum absolute atomic E-state index is 0.137. The lowest BCUT2D eigenvalue weighted by molar-refractivity contribution is -0.161. The number of hydrogen-bond donors (Lipinski definition) is 1. The SMILES string of the molecule is CC(=O)O[C@H]1CO[C@@H]2C[C@@H](C)[C@@H](O)[C@@H]2C1. The number of fused-ring (bicyclic) bond motifs is 1. The third-order valence-electron chi connectivity index (χ3n) is 3.47. The van der Waals surface area contributed by atoms with Crippen LogP contribution in [0.5, 0.6) is 0 Å². The highest BCUT2D eigenvalue weighted by atomic mass is 16.6. The van der Waals surface area contributed by atoms with Crippen molar-refractivity contribution in [3.05, 3.63) is 0 Å². The topological polar surface area (TPSA) is 55.8 Å². The van der Waals surface area contributed by atoms with E-state index in [1.807, 2.05) is 6.92 Å². The van der Waals surface area contributed by atoms with Gasteiger partial charge in [-0.25, -0.2) is 0 Å². The second-order valence-corrected chi connectivity index (χ2v) is 4.71. The van der Waals surface area contributed by atoms with Gasteiger partial charge in [-0.05, 0) is 18.8 Å². The molecule has 0 unspecified atom stereocenters. The third kappa shape index (κ3) is 2.16. The zero-order valence-electron chi connectivity index (χ0n) is 9.18. The number of rotatable bonds is 1. The van der Waals surface area contributed by atoms with Crippen molar-refractivity contribution in [1.82, 2.24) is 0 Å². The van der Waals surface area contributed by atoms with Crippen LogP contribution in [0.3, 0.4) is 0 Å². The summed E-state index contributed by atoms with van der Waals surface area (Å²) in [5.74, 6) is 0.150. The minimum atomic E-state index is -0.312. The summed E-state index contributed by atoms with van der Waals surface area (Å²) < 4.78 is 10.7. The van der Waals surface area contributed by atoms with Crippen LogP contribution >= 0.6 is 0 Å². The number of aliphatic hydroxyl groups is 1. The molecule has 2 rings (SSSR count). The molecule has 1 saturated heterocycles. The molecule has 1 aliphatic carbocycles. The van der Waals surface area contributed by atoms with Crippen molar-refractivity contribution >= 4 is 5.97 Å². The Balaban J connectivity index is 1.95. The molecule has 0 aromatic rings. The Morgan fingerprint density at radius 1 is 1.47 bits per heavy atom. The maximum absolute atomic E-state index is 10.8. The number of carbonyl (C=O) groups excluding carboxylic acids is 1. The van der Waals surface area contributed by atoms with Gasteiger partial charge in [-0.1, -0.05) is 6.92 Å². The lowest BCUT2D eigenvalue weighted by Gasteiger charge is -2.32. The molecule has 0 spiro atoms. The van der Waals surface area contributed by atoms with Gasteiger partial charge in [0.1, 0.15) is 6.10 Å². The molecule has 1 saturated carbocycles. The van der Waals surface area contributed by atoms with E-state index in [0.29, 0.717) is 6.61 Å². The monoisotopic (exact) mass is 214 g/mol. The molecule has 1 heterocycles. The van der Waals surface area contributed by atoms with Gasteiger partial charge in [-0.2, -0.15) is 0 Å². The quantitative estimate of drug-likeness (QED) is 0.654. The van der Waals surface area contributed by atoms with E-state index in [0.717, 1.165) is 12.8 Å². The Morgan fingerprint density at radius 3 is 2.87 bits per heavy atom. The maximum Gasteiger partial charge on any atom is 0.302 e. The van der Waals surface area contributed by atoms with Gasteiger partial charge in [0.2, 0.25) is 0 Å². The zero-order chi connectivity index (χ0) is 11.0. The van der Waals surface area contributed by atoms with E-state index < -0.39 is 0 Å². The summed E-state index contributed by atoms with van der Waals surface area (Å²) in [7, 11) is 0. The molecule has 2 aliphatic rings. The van der Waals surface area contributed by atoms with E-state index in [-0.39, 0.29) is 36.1 Å². The van der Waals surface area contributed by atoms with E-state index >= 15 is 0 Å². The highest BCUT2D eigenvalue weighted by Gasteiger charge is 2.45. The molecule has 0 bridgehead atoms. The van der Waals surface area contributed by atoms with Crippen molar-refractivity contribution < 1.29 is 19.4 Å². The Hall–Kier alpha value is -0.610. The molecular formula is C11H18O4. The molecule has 0 radical (unpaired) electrons. The molecule has 5 atom stereocenters. The largest absolute Gasteiger partial charge is 0.460 e. The average molecular weight is 214 g/mol. The Bertz CT molecular complexity index is 253. The summed E-state index contributed by atoms with van der Waals surface area (Å²) in [6.45, 7) is 3.91. The van der Waals surface area contributed by atoms with Crippen molar-refractivity contribution in [3.63, 3.8) is 0 Å². The first-order valence-corrected chi connectivity index (χ1v) is 5.55.